The summed E-state index contributed by atoms with van der Waals surface area (Å²) in [6.07, 6.45) is 1.01. The number of aromatic carboxylic acids is 1. The summed E-state index contributed by atoms with van der Waals surface area (Å²) in [5.74, 6) is -1.02. The van der Waals surface area contributed by atoms with E-state index in [4.69, 9.17) is 5.11 Å². The number of nitrogens with one attached hydrogen (secondary N) is 3. The van der Waals surface area contributed by atoms with Crippen LogP contribution < -0.4 is 16.0 Å². The van der Waals surface area contributed by atoms with Crippen molar-refractivity contribution in [1.29, 1.82) is 0 Å². The van der Waals surface area contributed by atoms with Crippen LogP contribution in [0.25, 0.3) is 0 Å². The Morgan fingerprint density at radius 3 is 2.50 bits per heavy atom. The number of benzene rings is 1. The minimum atomic E-state index is -1.01. The standard InChI is InChI=1S/C13H15N3O4/c17-11-6-5-10(7-14-11)16-13(20)15-9-3-1-8(2-4-9)12(18)19/h1-4,10H,5-7H2,(H,14,17)(H,18,19)(H2,15,16,20). The molecule has 1 aromatic carbocycles. The van der Waals surface area contributed by atoms with Crippen LogP contribution in [0.5, 0.6) is 0 Å². The van der Waals surface area contributed by atoms with E-state index in [1.807, 2.05) is 0 Å². The number of carbonyl (C=O) groups excluding carboxylic acids is 2. The molecule has 0 spiro atoms. The highest BCUT2D eigenvalue weighted by molar-refractivity contribution is 5.91. The number of amides is 3. The third kappa shape index (κ3) is 3.71. The minimum absolute atomic E-state index is 0.00674. The van der Waals surface area contributed by atoms with Crippen molar-refractivity contribution >= 4 is 23.6 Å². The molecule has 1 saturated heterocycles. The van der Waals surface area contributed by atoms with E-state index >= 15 is 0 Å². The van der Waals surface area contributed by atoms with Gasteiger partial charge in [-0.1, -0.05) is 0 Å². The number of piperidine rings is 1. The van der Waals surface area contributed by atoms with Crippen molar-refractivity contribution in [3.63, 3.8) is 0 Å². The smallest absolute Gasteiger partial charge is 0.335 e. The highest BCUT2D eigenvalue weighted by Crippen LogP contribution is 2.10. The van der Waals surface area contributed by atoms with Gasteiger partial charge in [-0.2, -0.15) is 0 Å². The van der Waals surface area contributed by atoms with Gasteiger partial charge >= 0.3 is 12.0 Å². The molecule has 0 aliphatic carbocycles. The van der Waals surface area contributed by atoms with Gasteiger partial charge in [-0.25, -0.2) is 9.59 Å². The predicted octanol–water partition coefficient (Wildman–Crippen LogP) is 0.785. The van der Waals surface area contributed by atoms with Gasteiger partial charge in [0.15, 0.2) is 0 Å². The van der Waals surface area contributed by atoms with Gasteiger partial charge in [-0.15, -0.1) is 0 Å². The summed E-state index contributed by atoms with van der Waals surface area (Å²) in [5.41, 5.74) is 0.665. The zero-order valence-electron chi connectivity index (χ0n) is 10.7. The Balaban J connectivity index is 1.85. The van der Waals surface area contributed by atoms with Gasteiger partial charge in [-0.05, 0) is 30.7 Å². The summed E-state index contributed by atoms with van der Waals surface area (Å²) >= 11 is 0. The lowest BCUT2D eigenvalue weighted by Gasteiger charge is -2.23. The monoisotopic (exact) mass is 277 g/mol. The molecule has 2 rings (SSSR count). The number of carbonyl (C=O) groups is 3. The molecule has 20 heavy (non-hydrogen) atoms. The lowest BCUT2D eigenvalue weighted by molar-refractivity contribution is -0.122. The number of hydrogen-bond acceptors (Lipinski definition) is 3. The number of hydrogen-bond donors (Lipinski definition) is 4. The van der Waals surface area contributed by atoms with Crippen LogP contribution in [0.3, 0.4) is 0 Å². The van der Waals surface area contributed by atoms with E-state index in [1.54, 1.807) is 0 Å². The molecule has 1 heterocycles. The third-order valence-electron chi connectivity index (χ3n) is 2.99. The Morgan fingerprint density at radius 2 is 1.95 bits per heavy atom. The Kier molecular flexibility index (Phi) is 4.19. The molecule has 3 amide bonds. The van der Waals surface area contributed by atoms with E-state index in [0.717, 1.165) is 0 Å². The number of rotatable bonds is 3. The lowest BCUT2D eigenvalue weighted by atomic mass is 10.1. The summed E-state index contributed by atoms with van der Waals surface area (Å²) in [4.78, 5) is 33.4. The van der Waals surface area contributed by atoms with E-state index in [2.05, 4.69) is 16.0 Å². The zero-order valence-corrected chi connectivity index (χ0v) is 10.7. The van der Waals surface area contributed by atoms with Gasteiger partial charge in [-0.3, -0.25) is 4.79 Å². The first kappa shape index (κ1) is 13.9. The minimum Gasteiger partial charge on any atom is -0.478 e. The Labute approximate surface area is 115 Å². The van der Waals surface area contributed by atoms with Gasteiger partial charge in [0.25, 0.3) is 0 Å². The Hall–Kier alpha value is -2.57. The summed E-state index contributed by atoms with van der Waals surface area (Å²) in [7, 11) is 0. The van der Waals surface area contributed by atoms with Crippen molar-refractivity contribution in [3.05, 3.63) is 29.8 Å². The average molecular weight is 277 g/mol. The van der Waals surface area contributed by atoms with Crippen LogP contribution >= 0.6 is 0 Å². The van der Waals surface area contributed by atoms with E-state index in [1.165, 1.54) is 24.3 Å². The second kappa shape index (κ2) is 6.05. The van der Waals surface area contributed by atoms with Crippen LogP contribution in [-0.2, 0) is 4.79 Å². The van der Waals surface area contributed by atoms with E-state index < -0.39 is 5.97 Å². The molecule has 7 nitrogen and oxygen atoms in total. The fourth-order valence-corrected chi connectivity index (χ4v) is 1.90. The van der Waals surface area contributed by atoms with Crippen LogP contribution in [0.2, 0.25) is 0 Å². The number of anilines is 1. The lowest BCUT2D eigenvalue weighted by Crippen LogP contribution is -2.48. The maximum Gasteiger partial charge on any atom is 0.335 e. The molecule has 1 atom stereocenters. The molecule has 4 N–H and O–H groups in total. The molecule has 1 aliphatic rings. The molecule has 0 bridgehead atoms. The first-order valence-electron chi connectivity index (χ1n) is 6.22. The average Bonchev–Trinajstić information content (AvgIpc) is 2.42. The topological polar surface area (TPSA) is 108 Å². The van der Waals surface area contributed by atoms with Gasteiger partial charge in [0.2, 0.25) is 5.91 Å². The van der Waals surface area contributed by atoms with Crippen LogP contribution in [0.4, 0.5) is 10.5 Å². The van der Waals surface area contributed by atoms with E-state index in [-0.39, 0.29) is 23.5 Å². The molecule has 0 saturated carbocycles. The van der Waals surface area contributed by atoms with Crippen LogP contribution in [-0.4, -0.2) is 35.6 Å². The quantitative estimate of drug-likeness (QED) is 0.655. The second-order valence-corrected chi connectivity index (χ2v) is 4.52. The molecule has 0 aromatic heterocycles. The zero-order chi connectivity index (χ0) is 14.5. The fourth-order valence-electron chi connectivity index (χ4n) is 1.90. The molecule has 1 fully saturated rings. The number of carboxylic acid groups (broad SMARTS) is 1. The summed E-state index contributed by atoms with van der Waals surface area (Å²) < 4.78 is 0. The van der Waals surface area contributed by atoms with Crippen molar-refractivity contribution in [2.75, 3.05) is 11.9 Å². The molecular weight excluding hydrogens is 262 g/mol. The molecule has 7 heteroatoms. The predicted molar refractivity (Wildman–Crippen MR) is 71.6 cm³/mol. The Bertz CT molecular complexity index is 517. The normalized spacial score (nSPS) is 18.0. The van der Waals surface area contributed by atoms with Gasteiger partial charge in [0.1, 0.15) is 0 Å². The molecule has 106 valence electrons. The van der Waals surface area contributed by atoms with Gasteiger partial charge in [0.05, 0.1) is 5.56 Å². The van der Waals surface area contributed by atoms with Crippen molar-refractivity contribution < 1.29 is 19.5 Å². The number of carboxylic acids is 1. The second-order valence-electron chi connectivity index (χ2n) is 4.52. The maximum absolute atomic E-state index is 11.7. The van der Waals surface area contributed by atoms with Crippen LogP contribution in [0, 0.1) is 0 Å². The van der Waals surface area contributed by atoms with Crippen molar-refractivity contribution in [1.82, 2.24) is 10.6 Å². The number of urea groups is 1. The van der Waals surface area contributed by atoms with E-state index in [0.29, 0.717) is 25.1 Å². The molecule has 1 unspecified atom stereocenters. The molecule has 1 aromatic rings. The first-order valence-corrected chi connectivity index (χ1v) is 6.22. The molecular formula is C13H15N3O4. The highest BCUT2D eigenvalue weighted by atomic mass is 16.4. The molecule has 0 radical (unpaired) electrons. The summed E-state index contributed by atoms with van der Waals surface area (Å²) in [5, 5.41) is 16.8. The van der Waals surface area contributed by atoms with Crippen molar-refractivity contribution in [3.8, 4) is 0 Å². The largest absolute Gasteiger partial charge is 0.478 e. The fraction of sp³-hybridized carbons (Fsp3) is 0.308. The van der Waals surface area contributed by atoms with E-state index in [9.17, 15) is 14.4 Å². The SMILES string of the molecule is O=C1CCC(NC(=O)Nc2ccc(C(=O)O)cc2)CN1. The van der Waals surface area contributed by atoms with Gasteiger partial charge in [0, 0.05) is 24.7 Å². The maximum atomic E-state index is 11.7. The van der Waals surface area contributed by atoms with Crippen LogP contribution in [0.15, 0.2) is 24.3 Å². The third-order valence-corrected chi connectivity index (χ3v) is 2.99. The van der Waals surface area contributed by atoms with Gasteiger partial charge < -0.3 is 21.1 Å². The molecule has 1 aliphatic heterocycles. The van der Waals surface area contributed by atoms with Crippen LogP contribution in [0.1, 0.15) is 23.2 Å². The highest BCUT2D eigenvalue weighted by Gasteiger charge is 2.19. The Morgan fingerprint density at radius 1 is 1.25 bits per heavy atom. The first-order chi connectivity index (χ1) is 9.54. The summed E-state index contributed by atoms with van der Waals surface area (Å²) in [6, 6.07) is 5.40. The summed E-state index contributed by atoms with van der Waals surface area (Å²) in [6.45, 7) is 0.421. The van der Waals surface area contributed by atoms with Crippen molar-refractivity contribution in [2.24, 2.45) is 0 Å². The van der Waals surface area contributed by atoms with Crippen molar-refractivity contribution in [2.45, 2.75) is 18.9 Å².